The highest BCUT2D eigenvalue weighted by molar-refractivity contribution is 5.80. The molecule has 11 heteroatoms. The summed E-state index contributed by atoms with van der Waals surface area (Å²) in [7, 11) is 3.05. The highest BCUT2D eigenvalue weighted by Crippen LogP contribution is 2.34. The van der Waals surface area contributed by atoms with E-state index in [-0.39, 0.29) is 11.6 Å². The Kier molecular flexibility index (Phi) is 35.2. The van der Waals surface area contributed by atoms with E-state index in [9.17, 15) is 19.7 Å². The van der Waals surface area contributed by atoms with Gasteiger partial charge in [0, 0.05) is 55.1 Å². The predicted octanol–water partition coefficient (Wildman–Crippen LogP) is 12.5. The molecule has 0 heterocycles. The Balaban J connectivity index is -0.000000695. The van der Waals surface area contributed by atoms with E-state index in [1.165, 1.54) is 44.8 Å². The number of Topliss-reactive ketones (excluding diaryl/α,β-unsaturated/α-hetero) is 2. The van der Waals surface area contributed by atoms with E-state index in [4.69, 9.17) is 20.9 Å². The van der Waals surface area contributed by atoms with Crippen LogP contribution in [0.15, 0.2) is 72.8 Å². The standard InChI is InChI=1S/C14H16N4O4.C9H16O.C9H18O.C7H9N.C4H10.C2H6/c1-21-13-8-12(14(22-2)7-11(13)15)17-16-9-3-5-10(6-4-9)18(19)20;1-4-5-9(10)7-6-8(2)3;1-4-6-7-9(10)8(3)5-2;1-6-2-4-7(8)5-3-6;1-3-4-2;1-2/h3-8,16-17H,15H2,1-2H3;2,4-7H2,1,3H3;8H,4-7H2,1-3H3;2-5H,8H2,1H3;3-4H2,1-2H3;1-2H3. The maximum atomic E-state index is 11.1. The van der Waals surface area contributed by atoms with Crippen LogP contribution in [0.4, 0.5) is 28.4 Å². The van der Waals surface area contributed by atoms with Crippen molar-refractivity contribution < 1.29 is 24.0 Å². The number of ether oxygens (including phenoxy) is 2. The minimum Gasteiger partial charge on any atom is -0.495 e. The second-order valence-corrected chi connectivity index (χ2v) is 12.9. The van der Waals surface area contributed by atoms with E-state index >= 15 is 0 Å². The summed E-state index contributed by atoms with van der Waals surface area (Å²) in [5.74, 6) is 2.13. The molecule has 0 aromatic heterocycles. The monoisotopic (exact) mass is 782 g/mol. The number of nitrogens with one attached hydrogen (secondary N) is 2. The molecule has 56 heavy (non-hydrogen) atoms. The molecule has 0 fully saturated rings. The third kappa shape index (κ3) is 28.4. The van der Waals surface area contributed by atoms with Crippen molar-refractivity contribution in [1.82, 2.24) is 0 Å². The summed E-state index contributed by atoms with van der Waals surface area (Å²) in [4.78, 5) is 32.2. The van der Waals surface area contributed by atoms with Gasteiger partial charge in [0.05, 0.1) is 36.2 Å². The van der Waals surface area contributed by atoms with Gasteiger partial charge in [0.1, 0.15) is 23.1 Å². The van der Waals surface area contributed by atoms with Crippen LogP contribution in [0.5, 0.6) is 11.5 Å². The molecule has 0 spiro atoms. The molecule has 11 nitrogen and oxygen atoms in total. The molecule has 0 saturated heterocycles. The molecule has 0 aliphatic rings. The van der Waals surface area contributed by atoms with Crippen LogP contribution in [0.2, 0.25) is 0 Å². The van der Waals surface area contributed by atoms with E-state index in [0.717, 1.165) is 56.2 Å². The van der Waals surface area contributed by atoms with Gasteiger partial charge in [-0.1, -0.05) is 97.9 Å². The fraction of sp³-hybridized carbons (Fsp3) is 0.511. The van der Waals surface area contributed by atoms with Gasteiger partial charge in [-0.3, -0.25) is 25.1 Å². The Bertz CT molecular complexity index is 1450. The van der Waals surface area contributed by atoms with Gasteiger partial charge in [0.15, 0.2) is 0 Å². The minimum absolute atomic E-state index is 0.0253. The third-order valence-electron chi connectivity index (χ3n) is 7.85. The van der Waals surface area contributed by atoms with Crippen molar-refractivity contribution in [2.75, 3.05) is 36.5 Å². The number of ketones is 2. The average molecular weight is 782 g/mol. The van der Waals surface area contributed by atoms with Crippen molar-refractivity contribution in [3.8, 4) is 11.5 Å². The van der Waals surface area contributed by atoms with Gasteiger partial charge in [-0.15, -0.1) is 6.58 Å². The lowest BCUT2D eigenvalue weighted by molar-refractivity contribution is -0.384. The number of non-ortho nitro benzene ring substituents is 1. The van der Waals surface area contributed by atoms with Crippen LogP contribution in [0, 0.1) is 23.0 Å². The fourth-order valence-electron chi connectivity index (χ4n) is 3.97. The molecule has 6 N–H and O–H groups in total. The first-order valence-corrected chi connectivity index (χ1v) is 19.9. The summed E-state index contributed by atoms with van der Waals surface area (Å²) < 4.78 is 10.4. The van der Waals surface area contributed by atoms with E-state index in [1.807, 2.05) is 65.8 Å². The molecule has 0 amide bonds. The Hall–Kier alpha value is -5.06. The van der Waals surface area contributed by atoms with Crippen LogP contribution in [0.1, 0.15) is 132 Å². The molecule has 0 saturated carbocycles. The number of rotatable bonds is 17. The molecule has 1 atom stereocenters. The number of nitrogens with zero attached hydrogens (tertiary/aromatic N) is 1. The minimum atomic E-state index is -0.453. The predicted molar refractivity (Wildman–Crippen MR) is 240 cm³/mol. The fourth-order valence-corrected chi connectivity index (χ4v) is 3.97. The molecule has 0 radical (unpaired) electrons. The number of nitrogens with two attached hydrogens (primary N) is 2. The number of carbonyl (C=O) groups excluding carboxylic acids is 2. The van der Waals surface area contributed by atoms with Crippen molar-refractivity contribution in [3.05, 3.63) is 88.5 Å². The van der Waals surface area contributed by atoms with Crippen LogP contribution in [-0.2, 0) is 9.59 Å². The highest BCUT2D eigenvalue weighted by atomic mass is 16.6. The van der Waals surface area contributed by atoms with Gasteiger partial charge in [0.2, 0.25) is 0 Å². The van der Waals surface area contributed by atoms with Gasteiger partial charge < -0.3 is 26.4 Å². The summed E-state index contributed by atoms with van der Waals surface area (Å²) in [6.45, 7) is 24.3. The number of nitro groups is 1. The van der Waals surface area contributed by atoms with Crippen LogP contribution < -0.4 is 31.8 Å². The van der Waals surface area contributed by atoms with E-state index < -0.39 is 4.92 Å². The molecule has 316 valence electrons. The quantitative estimate of drug-likeness (QED) is 0.0447. The molecular formula is C45H75N5O6. The molecule has 3 rings (SSSR count). The number of hydrazine groups is 1. The van der Waals surface area contributed by atoms with Crippen molar-refractivity contribution in [2.45, 2.75) is 133 Å². The van der Waals surface area contributed by atoms with Crippen LogP contribution >= 0.6 is 0 Å². The second-order valence-electron chi connectivity index (χ2n) is 12.9. The molecule has 0 aliphatic heterocycles. The summed E-state index contributed by atoms with van der Waals surface area (Å²) in [6, 6.07) is 17.1. The lowest BCUT2D eigenvalue weighted by Crippen LogP contribution is -2.10. The number of nitrogen functional groups attached to an aromatic ring is 2. The topological polar surface area (TPSA) is 172 Å². The number of nitro benzene ring substituents is 1. The van der Waals surface area contributed by atoms with Crippen LogP contribution in [-0.4, -0.2) is 30.7 Å². The first kappa shape index (κ1) is 55.3. The maximum Gasteiger partial charge on any atom is 0.269 e. The molecule has 3 aromatic rings. The number of carbonyl (C=O) groups is 2. The van der Waals surface area contributed by atoms with Crippen molar-refractivity contribution in [1.29, 1.82) is 0 Å². The number of methoxy groups -OCH3 is 2. The zero-order valence-corrected chi connectivity index (χ0v) is 36.7. The Morgan fingerprint density at radius 1 is 0.786 bits per heavy atom. The first-order valence-electron chi connectivity index (χ1n) is 19.9. The highest BCUT2D eigenvalue weighted by Gasteiger charge is 2.10. The number of allylic oxidation sites excluding steroid dienone is 1. The molecule has 0 aliphatic carbocycles. The van der Waals surface area contributed by atoms with Gasteiger partial charge in [0.25, 0.3) is 5.69 Å². The summed E-state index contributed by atoms with van der Waals surface area (Å²) in [6.07, 6.45) is 9.84. The van der Waals surface area contributed by atoms with E-state index in [1.54, 1.807) is 24.3 Å². The molecule has 0 bridgehead atoms. The zero-order valence-electron chi connectivity index (χ0n) is 36.7. The van der Waals surface area contributed by atoms with Gasteiger partial charge in [-0.2, -0.15) is 0 Å². The summed E-state index contributed by atoms with van der Waals surface area (Å²) in [5.41, 5.74) is 22.0. The maximum absolute atomic E-state index is 11.1. The smallest absolute Gasteiger partial charge is 0.269 e. The Labute approximate surface area is 339 Å². The lowest BCUT2D eigenvalue weighted by atomic mass is 9.99. The average Bonchev–Trinajstić information content (AvgIpc) is 3.21. The van der Waals surface area contributed by atoms with Gasteiger partial charge in [-0.05, 0) is 63.8 Å². The number of aryl methyl sites for hydroxylation is 1. The SMILES string of the molecule is C=C(C)CCC(=O)CCC.CC.CCCC.CCCCC(=O)C(C)CC.COc1cc(NNc2ccc([N+](=O)[O-])cc2)c(OC)cc1N.Cc1ccc(N)cc1. The largest absolute Gasteiger partial charge is 0.495 e. The summed E-state index contributed by atoms with van der Waals surface area (Å²) >= 11 is 0. The molecular weight excluding hydrogens is 707 g/mol. The van der Waals surface area contributed by atoms with Gasteiger partial charge >= 0.3 is 0 Å². The third-order valence-corrected chi connectivity index (χ3v) is 7.85. The number of hydrogen-bond acceptors (Lipinski definition) is 10. The van der Waals surface area contributed by atoms with Crippen molar-refractivity contribution in [2.24, 2.45) is 5.92 Å². The van der Waals surface area contributed by atoms with Crippen LogP contribution in [0.3, 0.4) is 0 Å². The zero-order chi connectivity index (χ0) is 43.5. The number of hydrogen-bond donors (Lipinski definition) is 4. The second kappa shape index (κ2) is 35.6. The van der Waals surface area contributed by atoms with E-state index in [2.05, 4.69) is 45.1 Å². The lowest BCUT2D eigenvalue weighted by Gasteiger charge is -2.15. The van der Waals surface area contributed by atoms with E-state index in [0.29, 0.717) is 46.5 Å². The summed E-state index contributed by atoms with van der Waals surface area (Å²) in [5, 5.41) is 10.6. The van der Waals surface area contributed by atoms with Crippen molar-refractivity contribution in [3.63, 3.8) is 0 Å². The Morgan fingerprint density at radius 3 is 1.75 bits per heavy atom. The number of benzene rings is 3. The van der Waals surface area contributed by atoms with Crippen molar-refractivity contribution >= 4 is 40.0 Å². The van der Waals surface area contributed by atoms with Gasteiger partial charge in [-0.25, -0.2) is 0 Å². The molecule has 3 aromatic carbocycles. The number of unbranched alkanes of at least 4 members (excludes halogenated alkanes) is 2. The Morgan fingerprint density at radius 2 is 1.34 bits per heavy atom. The number of anilines is 4. The normalized spacial score (nSPS) is 9.86. The first-order chi connectivity index (χ1) is 26.6. The van der Waals surface area contributed by atoms with Crippen LogP contribution in [0.25, 0.3) is 0 Å². The molecule has 1 unspecified atom stereocenters.